The lowest BCUT2D eigenvalue weighted by molar-refractivity contribution is -0.139. The van der Waals surface area contributed by atoms with Crippen molar-refractivity contribution in [3.63, 3.8) is 0 Å². The predicted octanol–water partition coefficient (Wildman–Crippen LogP) is 5.36. The number of carbonyl (C=O) groups is 1. The van der Waals surface area contributed by atoms with Crippen LogP contribution >= 0.6 is 0 Å². The normalized spacial score (nSPS) is 17.1. The minimum Gasteiger partial charge on any atom is -0.482 e. The predicted molar refractivity (Wildman–Crippen MR) is 123 cm³/mol. The second kappa shape index (κ2) is 8.71. The third kappa shape index (κ3) is 4.47. The van der Waals surface area contributed by atoms with Crippen LogP contribution in [0.5, 0.6) is 17.2 Å². The van der Waals surface area contributed by atoms with E-state index >= 15 is 4.39 Å². The molecule has 2 aliphatic heterocycles. The molecule has 3 aromatic carbocycles. The summed E-state index contributed by atoms with van der Waals surface area (Å²) >= 11 is 0. The summed E-state index contributed by atoms with van der Waals surface area (Å²) in [5.41, 5.74) is 2.02. The molecule has 1 spiro atoms. The van der Waals surface area contributed by atoms with Crippen LogP contribution in [0.4, 0.5) is 4.39 Å². The second-order valence-corrected chi connectivity index (χ2v) is 8.45. The summed E-state index contributed by atoms with van der Waals surface area (Å²) in [5.74, 6) is 0.234. The van der Waals surface area contributed by atoms with E-state index in [9.17, 15) is 4.79 Å². The van der Waals surface area contributed by atoms with E-state index in [-0.39, 0.29) is 12.3 Å². The third-order valence-corrected chi connectivity index (χ3v) is 6.17. The highest BCUT2D eigenvalue weighted by atomic mass is 19.1. The Labute approximate surface area is 191 Å². The number of benzene rings is 3. The molecule has 33 heavy (non-hydrogen) atoms. The fourth-order valence-electron chi connectivity index (χ4n) is 4.50. The monoisotopic (exact) mass is 445 g/mol. The van der Waals surface area contributed by atoms with Gasteiger partial charge in [-0.15, -0.1) is 0 Å². The van der Waals surface area contributed by atoms with Gasteiger partial charge in [-0.2, -0.15) is 0 Å². The molecule has 1 saturated heterocycles. The van der Waals surface area contributed by atoms with Crippen molar-refractivity contribution in [2.45, 2.75) is 18.4 Å². The SMILES string of the molecule is O=C(O)CN1CCC2(C=C(c3ccc(Oc4ccccc4)c(F)c3)c3ccccc3O2)CC1. The van der Waals surface area contributed by atoms with Gasteiger partial charge in [0.2, 0.25) is 0 Å². The van der Waals surface area contributed by atoms with E-state index in [1.807, 2.05) is 53.4 Å². The van der Waals surface area contributed by atoms with Gasteiger partial charge in [-0.25, -0.2) is 4.39 Å². The Morgan fingerprint density at radius 1 is 1.03 bits per heavy atom. The molecule has 1 fully saturated rings. The largest absolute Gasteiger partial charge is 0.482 e. The van der Waals surface area contributed by atoms with E-state index in [0.29, 0.717) is 31.7 Å². The first kappa shape index (κ1) is 21.2. The van der Waals surface area contributed by atoms with Crippen molar-refractivity contribution in [3.05, 3.63) is 95.8 Å². The first-order chi connectivity index (χ1) is 16.0. The number of nitrogens with zero attached hydrogens (tertiary/aromatic N) is 1. The Bertz CT molecular complexity index is 1200. The average Bonchev–Trinajstić information content (AvgIpc) is 2.82. The van der Waals surface area contributed by atoms with E-state index < -0.39 is 17.4 Å². The lowest BCUT2D eigenvalue weighted by Crippen LogP contribution is -2.49. The summed E-state index contributed by atoms with van der Waals surface area (Å²) < 4.78 is 27.2. The van der Waals surface area contributed by atoms with E-state index in [1.165, 1.54) is 6.07 Å². The van der Waals surface area contributed by atoms with E-state index in [2.05, 4.69) is 6.08 Å². The van der Waals surface area contributed by atoms with Gasteiger partial charge < -0.3 is 14.6 Å². The highest BCUT2D eigenvalue weighted by molar-refractivity contribution is 5.85. The van der Waals surface area contributed by atoms with Crippen LogP contribution in [-0.2, 0) is 4.79 Å². The summed E-state index contributed by atoms with van der Waals surface area (Å²) in [5, 5.41) is 9.10. The number of piperidine rings is 1. The maximum Gasteiger partial charge on any atom is 0.317 e. The lowest BCUT2D eigenvalue weighted by Gasteiger charge is -2.42. The van der Waals surface area contributed by atoms with Crippen molar-refractivity contribution >= 4 is 11.5 Å². The number of ether oxygens (including phenoxy) is 2. The number of fused-ring (bicyclic) bond motifs is 1. The van der Waals surface area contributed by atoms with Gasteiger partial charge in [0.1, 0.15) is 17.1 Å². The van der Waals surface area contributed by atoms with E-state index in [0.717, 1.165) is 22.4 Å². The maximum atomic E-state index is 15.0. The molecule has 5 rings (SSSR count). The van der Waals surface area contributed by atoms with Crippen molar-refractivity contribution in [2.24, 2.45) is 0 Å². The number of halogens is 1. The van der Waals surface area contributed by atoms with Crippen molar-refractivity contribution in [2.75, 3.05) is 19.6 Å². The van der Waals surface area contributed by atoms with Gasteiger partial charge in [0.05, 0.1) is 6.54 Å². The molecule has 0 aromatic heterocycles. The van der Waals surface area contributed by atoms with Crippen LogP contribution in [0.3, 0.4) is 0 Å². The number of rotatable bonds is 5. The topological polar surface area (TPSA) is 59.0 Å². The summed E-state index contributed by atoms with van der Waals surface area (Å²) in [7, 11) is 0. The molecule has 5 nitrogen and oxygen atoms in total. The Morgan fingerprint density at radius 3 is 2.48 bits per heavy atom. The number of aliphatic carboxylic acids is 1. The minimum atomic E-state index is -0.828. The lowest BCUT2D eigenvalue weighted by atomic mass is 9.83. The fraction of sp³-hybridized carbons (Fsp3) is 0.222. The van der Waals surface area contributed by atoms with Crippen LogP contribution in [-0.4, -0.2) is 41.2 Å². The average molecular weight is 445 g/mol. The fourth-order valence-corrected chi connectivity index (χ4v) is 4.50. The molecule has 3 aromatic rings. The zero-order valence-electron chi connectivity index (χ0n) is 18.0. The van der Waals surface area contributed by atoms with Gasteiger partial charge in [0, 0.05) is 31.5 Å². The summed E-state index contributed by atoms with van der Waals surface area (Å²) in [4.78, 5) is 13.0. The molecule has 0 atom stereocenters. The van der Waals surface area contributed by atoms with Gasteiger partial charge in [-0.3, -0.25) is 9.69 Å². The number of carboxylic acid groups (broad SMARTS) is 1. The van der Waals surface area contributed by atoms with Gasteiger partial charge in [0.25, 0.3) is 0 Å². The van der Waals surface area contributed by atoms with Crippen molar-refractivity contribution < 1.29 is 23.8 Å². The molecule has 0 saturated carbocycles. The Hall–Kier alpha value is -3.64. The van der Waals surface area contributed by atoms with Crippen LogP contribution in [0.2, 0.25) is 0 Å². The van der Waals surface area contributed by atoms with E-state index in [4.69, 9.17) is 14.6 Å². The van der Waals surface area contributed by atoms with Gasteiger partial charge in [-0.05, 0) is 47.5 Å². The Kier molecular flexibility index (Phi) is 5.60. The molecule has 0 amide bonds. The van der Waals surface area contributed by atoms with Crippen LogP contribution in [0.1, 0.15) is 24.0 Å². The number of para-hydroxylation sites is 2. The standard InChI is InChI=1S/C27H24FNO4/c28-23-16-19(10-11-25(23)32-20-6-2-1-3-7-20)22-17-27(33-24-9-5-4-8-21(22)24)12-14-29(15-13-27)18-26(30)31/h1-11,16-17H,12-15,18H2,(H,30,31). The molecule has 168 valence electrons. The summed E-state index contributed by atoms with van der Waals surface area (Å²) in [6.45, 7) is 1.27. The second-order valence-electron chi connectivity index (χ2n) is 8.45. The molecule has 2 aliphatic rings. The quantitative estimate of drug-likeness (QED) is 0.573. The zero-order valence-corrected chi connectivity index (χ0v) is 18.0. The highest BCUT2D eigenvalue weighted by Crippen LogP contribution is 2.43. The summed E-state index contributed by atoms with van der Waals surface area (Å²) in [6, 6.07) is 21.9. The number of likely N-dealkylation sites (tertiary alicyclic amines) is 1. The molecule has 6 heteroatoms. The minimum absolute atomic E-state index is 0.0251. The number of hydrogen-bond donors (Lipinski definition) is 1. The molecule has 1 N–H and O–H groups in total. The molecule has 0 aliphatic carbocycles. The Balaban J connectivity index is 1.46. The summed E-state index contributed by atoms with van der Waals surface area (Å²) in [6.07, 6.45) is 3.41. The van der Waals surface area contributed by atoms with Crippen molar-refractivity contribution in [1.29, 1.82) is 0 Å². The van der Waals surface area contributed by atoms with Crippen LogP contribution in [0.15, 0.2) is 78.9 Å². The van der Waals surface area contributed by atoms with Crippen LogP contribution in [0, 0.1) is 5.82 Å². The Morgan fingerprint density at radius 2 is 1.76 bits per heavy atom. The molecule has 0 unspecified atom stereocenters. The van der Waals surface area contributed by atoms with Gasteiger partial charge in [0.15, 0.2) is 11.6 Å². The van der Waals surface area contributed by atoms with E-state index in [1.54, 1.807) is 18.2 Å². The van der Waals surface area contributed by atoms with Crippen molar-refractivity contribution in [3.8, 4) is 17.2 Å². The number of hydrogen-bond acceptors (Lipinski definition) is 4. The first-order valence-electron chi connectivity index (χ1n) is 11.0. The molecule has 2 heterocycles. The first-order valence-corrected chi connectivity index (χ1v) is 11.0. The number of carboxylic acids is 1. The zero-order chi connectivity index (χ0) is 22.8. The van der Waals surface area contributed by atoms with Crippen LogP contribution in [0.25, 0.3) is 5.57 Å². The molecule has 0 bridgehead atoms. The molecular weight excluding hydrogens is 421 g/mol. The van der Waals surface area contributed by atoms with Crippen LogP contribution < -0.4 is 9.47 Å². The third-order valence-electron chi connectivity index (χ3n) is 6.17. The highest BCUT2D eigenvalue weighted by Gasteiger charge is 2.39. The smallest absolute Gasteiger partial charge is 0.317 e. The van der Waals surface area contributed by atoms with Gasteiger partial charge in [-0.1, -0.05) is 42.5 Å². The van der Waals surface area contributed by atoms with Gasteiger partial charge >= 0.3 is 5.97 Å². The van der Waals surface area contributed by atoms with Crippen molar-refractivity contribution in [1.82, 2.24) is 4.90 Å². The molecule has 0 radical (unpaired) electrons. The molecular formula is C27H24FNO4. The maximum absolute atomic E-state index is 15.0.